The van der Waals surface area contributed by atoms with E-state index in [1.54, 1.807) is 0 Å². The van der Waals surface area contributed by atoms with Crippen LogP contribution in [-0.2, 0) is 6.42 Å². The average molecular weight is 161 g/mol. The first kappa shape index (κ1) is 8.85. The third-order valence-corrected chi connectivity index (χ3v) is 1.92. The molecule has 1 nitrogen and oxygen atoms in total. The molecule has 0 aromatic heterocycles. The molecular weight excluding hydrogens is 146 g/mol. The zero-order chi connectivity index (χ0) is 8.97. The van der Waals surface area contributed by atoms with Crippen LogP contribution in [0.1, 0.15) is 18.1 Å². The molecule has 0 fully saturated rings. The average Bonchev–Trinajstić information content (AvgIpc) is 2.07. The van der Waals surface area contributed by atoms with Gasteiger partial charge in [-0.2, -0.15) is 0 Å². The Morgan fingerprint density at radius 3 is 2.75 bits per heavy atom. The molecule has 1 aromatic rings. The smallest absolute Gasteiger partial charge is 0.0343 e. The highest BCUT2D eigenvalue weighted by molar-refractivity contribution is 5.47. The molecule has 0 saturated heterocycles. The fourth-order valence-electron chi connectivity index (χ4n) is 1.12. The second-order valence-corrected chi connectivity index (χ2v) is 2.96. The van der Waals surface area contributed by atoms with E-state index in [1.165, 1.54) is 5.56 Å². The fraction of sp³-hybridized carbons (Fsp3) is 0.273. The third-order valence-electron chi connectivity index (χ3n) is 1.92. The van der Waals surface area contributed by atoms with Crippen molar-refractivity contribution in [2.24, 2.45) is 0 Å². The van der Waals surface area contributed by atoms with Crippen LogP contribution in [-0.4, -0.2) is 0 Å². The summed E-state index contributed by atoms with van der Waals surface area (Å²) in [6.45, 7) is 4.07. The lowest BCUT2D eigenvalue weighted by atomic mass is 10.1. The molecule has 0 bridgehead atoms. The van der Waals surface area contributed by atoms with Crippen molar-refractivity contribution in [1.82, 2.24) is 0 Å². The third kappa shape index (κ3) is 2.12. The molecule has 1 heteroatoms. The van der Waals surface area contributed by atoms with Crippen molar-refractivity contribution in [1.29, 1.82) is 0 Å². The Morgan fingerprint density at radius 1 is 1.42 bits per heavy atom. The molecule has 0 spiro atoms. The number of hydrogen-bond donors (Lipinski definition) is 1. The topological polar surface area (TPSA) is 26.0 Å². The van der Waals surface area contributed by atoms with Gasteiger partial charge in [-0.1, -0.05) is 24.3 Å². The van der Waals surface area contributed by atoms with Gasteiger partial charge >= 0.3 is 0 Å². The van der Waals surface area contributed by atoms with Crippen molar-refractivity contribution in [3.05, 3.63) is 41.5 Å². The van der Waals surface area contributed by atoms with Crippen LogP contribution in [0.25, 0.3) is 0 Å². The lowest BCUT2D eigenvalue weighted by Gasteiger charge is -2.01. The van der Waals surface area contributed by atoms with Gasteiger partial charge in [0.1, 0.15) is 0 Å². The summed E-state index contributed by atoms with van der Waals surface area (Å²) in [5.74, 6) is 0. The monoisotopic (exact) mass is 161 g/mol. The normalized spacial score (nSPS) is 10.8. The van der Waals surface area contributed by atoms with E-state index in [-0.39, 0.29) is 0 Å². The molecule has 2 N–H and O–H groups in total. The van der Waals surface area contributed by atoms with Gasteiger partial charge in [-0.3, -0.25) is 0 Å². The van der Waals surface area contributed by atoms with Crippen molar-refractivity contribution in [2.45, 2.75) is 20.3 Å². The molecule has 0 atom stereocenters. The van der Waals surface area contributed by atoms with Gasteiger partial charge < -0.3 is 5.73 Å². The molecule has 0 amide bonds. The highest BCUT2D eigenvalue weighted by Gasteiger charge is 1.93. The summed E-state index contributed by atoms with van der Waals surface area (Å²) in [5.41, 5.74) is 9.06. The first-order valence-corrected chi connectivity index (χ1v) is 4.20. The second kappa shape index (κ2) is 3.96. The van der Waals surface area contributed by atoms with E-state index in [4.69, 9.17) is 5.73 Å². The molecule has 0 unspecified atom stereocenters. The van der Waals surface area contributed by atoms with Gasteiger partial charge in [0.05, 0.1) is 0 Å². The summed E-state index contributed by atoms with van der Waals surface area (Å²) in [7, 11) is 0. The predicted molar refractivity (Wildman–Crippen MR) is 54.1 cm³/mol. The minimum absolute atomic E-state index is 0.874. The SMILES string of the molecule is C/C=C/Cc1ccc(N)c(C)c1. The lowest BCUT2D eigenvalue weighted by Crippen LogP contribution is -1.90. The summed E-state index contributed by atoms with van der Waals surface area (Å²) in [6, 6.07) is 6.17. The van der Waals surface area contributed by atoms with Gasteiger partial charge in [0.15, 0.2) is 0 Å². The molecule has 0 heterocycles. The van der Waals surface area contributed by atoms with Crippen molar-refractivity contribution in [3.8, 4) is 0 Å². The van der Waals surface area contributed by atoms with E-state index in [9.17, 15) is 0 Å². The maximum absolute atomic E-state index is 5.70. The predicted octanol–water partition coefficient (Wildman–Crippen LogP) is 2.70. The molecule has 64 valence electrons. The number of aryl methyl sites for hydroxylation is 1. The molecule has 1 rings (SSSR count). The summed E-state index contributed by atoms with van der Waals surface area (Å²) >= 11 is 0. The number of hydrogen-bond acceptors (Lipinski definition) is 1. The Balaban J connectivity index is 2.82. The molecular formula is C11H15N. The van der Waals surface area contributed by atoms with E-state index in [0.29, 0.717) is 0 Å². The van der Waals surface area contributed by atoms with Crippen LogP contribution in [0, 0.1) is 6.92 Å². The van der Waals surface area contributed by atoms with Gasteiger partial charge in [0.25, 0.3) is 0 Å². The van der Waals surface area contributed by atoms with Crippen molar-refractivity contribution < 1.29 is 0 Å². The molecule has 12 heavy (non-hydrogen) atoms. The zero-order valence-electron chi connectivity index (χ0n) is 7.67. The summed E-state index contributed by atoms with van der Waals surface area (Å²) in [5, 5.41) is 0. The van der Waals surface area contributed by atoms with Crippen molar-refractivity contribution in [2.75, 3.05) is 5.73 Å². The number of allylic oxidation sites excluding steroid dienone is 2. The van der Waals surface area contributed by atoms with Crippen LogP contribution < -0.4 is 5.73 Å². The second-order valence-electron chi connectivity index (χ2n) is 2.96. The van der Waals surface area contributed by atoms with Crippen molar-refractivity contribution >= 4 is 5.69 Å². The molecule has 1 aromatic carbocycles. The number of nitrogens with two attached hydrogens (primary N) is 1. The van der Waals surface area contributed by atoms with Gasteiger partial charge in [-0.15, -0.1) is 0 Å². The molecule has 0 radical (unpaired) electrons. The van der Waals surface area contributed by atoms with E-state index < -0.39 is 0 Å². The minimum Gasteiger partial charge on any atom is -0.399 e. The maximum atomic E-state index is 5.70. The van der Waals surface area contributed by atoms with Crippen LogP contribution in [0.5, 0.6) is 0 Å². The summed E-state index contributed by atoms with van der Waals surface area (Å²) in [4.78, 5) is 0. The zero-order valence-corrected chi connectivity index (χ0v) is 7.67. The Labute approximate surface area is 73.9 Å². The number of benzene rings is 1. The standard InChI is InChI=1S/C11H15N/c1-3-4-5-10-6-7-11(12)9(2)8-10/h3-4,6-8H,5,12H2,1-2H3/b4-3+. The Bertz CT molecular complexity index is 287. The van der Waals surface area contributed by atoms with E-state index >= 15 is 0 Å². The lowest BCUT2D eigenvalue weighted by molar-refractivity contribution is 1.24. The Kier molecular flexibility index (Phi) is 2.92. The first-order valence-electron chi connectivity index (χ1n) is 4.20. The van der Waals surface area contributed by atoms with Crippen LogP contribution >= 0.6 is 0 Å². The van der Waals surface area contributed by atoms with Crippen LogP contribution in [0.2, 0.25) is 0 Å². The number of anilines is 1. The summed E-state index contributed by atoms with van der Waals surface area (Å²) < 4.78 is 0. The Morgan fingerprint density at radius 2 is 2.17 bits per heavy atom. The largest absolute Gasteiger partial charge is 0.399 e. The first-order chi connectivity index (χ1) is 5.74. The van der Waals surface area contributed by atoms with Crippen LogP contribution in [0.15, 0.2) is 30.4 Å². The molecule has 0 aliphatic rings. The fourth-order valence-corrected chi connectivity index (χ4v) is 1.12. The number of rotatable bonds is 2. The van der Waals surface area contributed by atoms with Crippen LogP contribution in [0.4, 0.5) is 5.69 Å². The van der Waals surface area contributed by atoms with Gasteiger partial charge in [-0.05, 0) is 37.5 Å². The number of nitrogen functional groups attached to an aromatic ring is 1. The quantitative estimate of drug-likeness (QED) is 0.523. The molecule has 0 aliphatic heterocycles. The minimum atomic E-state index is 0.874. The van der Waals surface area contributed by atoms with Gasteiger partial charge in [-0.25, -0.2) is 0 Å². The van der Waals surface area contributed by atoms with E-state index in [1.807, 2.05) is 19.9 Å². The highest BCUT2D eigenvalue weighted by atomic mass is 14.5. The maximum Gasteiger partial charge on any atom is 0.0343 e. The summed E-state index contributed by atoms with van der Waals surface area (Å²) in [6.07, 6.45) is 5.20. The van der Waals surface area contributed by atoms with Gasteiger partial charge in [0.2, 0.25) is 0 Å². The molecule has 0 aliphatic carbocycles. The van der Waals surface area contributed by atoms with Crippen LogP contribution in [0.3, 0.4) is 0 Å². The van der Waals surface area contributed by atoms with E-state index in [0.717, 1.165) is 17.7 Å². The Hall–Kier alpha value is -1.24. The van der Waals surface area contributed by atoms with E-state index in [2.05, 4.69) is 24.3 Å². The highest BCUT2D eigenvalue weighted by Crippen LogP contribution is 2.13. The van der Waals surface area contributed by atoms with Crippen molar-refractivity contribution in [3.63, 3.8) is 0 Å². The molecule has 0 saturated carbocycles. The van der Waals surface area contributed by atoms with Gasteiger partial charge in [0, 0.05) is 5.69 Å².